The van der Waals surface area contributed by atoms with Gasteiger partial charge in [-0.15, -0.1) is 6.58 Å². The summed E-state index contributed by atoms with van der Waals surface area (Å²) in [6, 6.07) is 8.76. The van der Waals surface area contributed by atoms with Gasteiger partial charge in [-0.25, -0.2) is 0 Å². The van der Waals surface area contributed by atoms with Crippen molar-refractivity contribution in [3.05, 3.63) is 48.6 Å². The summed E-state index contributed by atoms with van der Waals surface area (Å²) >= 11 is 0. The lowest BCUT2D eigenvalue weighted by molar-refractivity contribution is -0.222. The Morgan fingerprint density at radius 3 is 2.38 bits per heavy atom. The quantitative estimate of drug-likeness (QED) is 0.700. The molecular formula is C12H13F3O. The fourth-order valence-electron chi connectivity index (χ4n) is 1.22. The zero-order valence-corrected chi connectivity index (χ0v) is 8.70. The van der Waals surface area contributed by atoms with Gasteiger partial charge in [-0.05, 0) is 5.56 Å². The molecule has 1 nitrogen and oxygen atoms in total. The second-order valence-electron chi connectivity index (χ2n) is 3.35. The minimum Gasteiger partial charge on any atom is -0.364 e. The van der Waals surface area contributed by atoms with Gasteiger partial charge in [0.25, 0.3) is 0 Å². The molecule has 0 saturated heterocycles. The summed E-state index contributed by atoms with van der Waals surface area (Å²) in [6.07, 6.45) is -5.13. The Morgan fingerprint density at radius 2 is 1.88 bits per heavy atom. The predicted octanol–water partition coefficient (Wildman–Crippen LogP) is 3.71. The molecule has 0 fully saturated rings. The summed E-state index contributed by atoms with van der Waals surface area (Å²) in [4.78, 5) is 0. The molecule has 0 aromatic heterocycles. The lowest BCUT2D eigenvalue weighted by Gasteiger charge is -2.19. The number of rotatable bonds is 5. The highest BCUT2D eigenvalue weighted by Gasteiger charge is 2.39. The molecule has 0 radical (unpaired) electrons. The summed E-state index contributed by atoms with van der Waals surface area (Å²) in [6.45, 7) is 3.25. The largest absolute Gasteiger partial charge is 0.414 e. The fourth-order valence-corrected chi connectivity index (χ4v) is 1.22. The molecule has 0 bridgehead atoms. The highest BCUT2D eigenvalue weighted by Crippen LogP contribution is 2.26. The monoisotopic (exact) mass is 230 g/mol. The number of halogens is 3. The molecule has 1 aromatic rings. The molecule has 4 heteroatoms. The van der Waals surface area contributed by atoms with Crippen molar-refractivity contribution in [3.63, 3.8) is 0 Å². The van der Waals surface area contributed by atoms with Gasteiger partial charge in [0.15, 0.2) is 6.10 Å². The molecule has 0 unspecified atom stereocenters. The van der Waals surface area contributed by atoms with E-state index in [0.717, 1.165) is 5.56 Å². The summed E-state index contributed by atoms with van der Waals surface area (Å²) in [7, 11) is 0. The number of ether oxygens (including phenoxy) is 1. The topological polar surface area (TPSA) is 9.23 Å². The smallest absolute Gasteiger partial charge is 0.364 e. The first kappa shape index (κ1) is 12.8. The van der Waals surface area contributed by atoms with Gasteiger partial charge in [-0.2, -0.15) is 13.2 Å². The van der Waals surface area contributed by atoms with Crippen molar-refractivity contribution in [2.45, 2.75) is 25.3 Å². The molecular weight excluding hydrogens is 217 g/mol. The van der Waals surface area contributed by atoms with Gasteiger partial charge in [0.1, 0.15) is 0 Å². The molecule has 0 aliphatic heterocycles. The molecule has 0 aliphatic rings. The highest BCUT2D eigenvalue weighted by atomic mass is 19.4. The van der Waals surface area contributed by atoms with Gasteiger partial charge in [0, 0.05) is 6.42 Å². The first-order chi connectivity index (χ1) is 7.54. The van der Waals surface area contributed by atoms with Crippen LogP contribution in [-0.2, 0) is 11.3 Å². The number of hydrogen-bond donors (Lipinski definition) is 0. The average molecular weight is 230 g/mol. The van der Waals surface area contributed by atoms with Crippen LogP contribution >= 0.6 is 0 Å². The normalized spacial score (nSPS) is 13.4. The fraction of sp³-hybridized carbons (Fsp3) is 0.333. The first-order valence-electron chi connectivity index (χ1n) is 4.87. The summed E-state index contributed by atoms with van der Waals surface area (Å²) in [5.41, 5.74) is 0.723. The Hall–Kier alpha value is -1.29. The van der Waals surface area contributed by atoms with Crippen LogP contribution in [0.4, 0.5) is 13.2 Å². The van der Waals surface area contributed by atoms with Gasteiger partial charge < -0.3 is 4.74 Å². The Kier molecular flexibility index (Phi) is 4.55. The van der Waals surface area contributed by atoms with E-state index in [0.29, 0.717) is 0 Å². The van der Waals surface area contributed by atoms with E-state index in [4.69, 9.17) is 4.74 Å². The third-order valence-corrected chi connectivity index (χ3v) is 2.04. The van der Waals surface area contributed by atoms with Crippen LogP contribution in [0.15, 0.2) is 43.0 Å². The highest BCUT2D eigenvalue weighted by molar-refractivity contribution is 5.13. The average Bonchev–Trinajstić information content (AvgIpc) is 2.24. The second kappa shape index (κ2) is 5.70. The van der Waals surface area contributed by atoms with Crippen molar-refractivity contribution < 1.29 is 17.9 Å². The van der Waals surface area contributed by atoms with E-state index in [2.05, 4.69) is 6.58 Å². The Labute approximate surface area is 92.5 Å². The second-order valence-corrected chi connectivity index (χ2v) is 3.35. The van der Waals surface area contributed by atoms with Crippen molar-refractivity contribution in [3.8, 4) is 0 Å². The lowest BCUT2D eigenvalue weighted by Crippen LogP contribution is -2.31. The van der Waals surface area contributed by atoms with Crippen LogP contribution in [0.3, 0.4) is 0 Å². The van der Waals surface area contributed by atoms with E-state index < -0.39 is 12.3 Å². The molecule has 16 heavy (non-hydrogen) atoms. The van der Waals surface area contributed by atoms with Crippen LogP contribution < -0.4 is 0 Å². The predicted molar refractivity (Wildman–Crippen MR) is 55.9 cm³/mol. The SMILES string of the molecule is C=CC[C@H](OCc1ccccc1)C(F)(F)F. The Morgan fingerprint density at radius 1 is 1.25 bits per heavy atom. The van der Waals surface area contributed by atoms with E-state index in [1.165, 1.54) is 6.08 Å². The molecule has 0 saturated carbocycles. The maximum atomic E-state index is 12.4. The minimum absolute atomic E-state index is 0.0428. The minimum atomic E-state index is -4.34. The van der Waals surface area contributed by atoms with Crippen molar-refractivity contribution in [2.24, 2.45) is 0 Å². The third kappa shape index (κ3) is 4.06. The van der Waals surface area contributed by atoms with E-state index in [1.807, 2.05) is 0 Å². The summed E-state index contributed by atoms with van der Waals surface area (Å²) in [5, 5.41) is 0. The third-order valence-electron chi connectivity index (χ3n) is 2.04. The van der Waals surface area contributed by atoms with Crippen molar-refractivity contribution in [1.29, 1.82) is 0 Å². The molecule has 1 aromatic carbocycles. The summed E-state index contributed by atoms with van der Waals surface area (Å²) in [5.74, 6) is 0. The van der Waals surface area contributed by atoms with E-state index >= 15 is 0 Å². The zero-order chi connectivity index (χ0) is 12.0. The molecule has 1 rings (SSSR count). The number of benzene rings is 1. The number of hydrogen-bond acceptors (Lipinski definition) is 1. The molecule has 0 spiro atoms. The lowest BCUT2D eigenvalue weighted by atomic mass is 10.2. The molecule has 1 atom stereocenters. The standard InChI is InChI=1S/C12H13F3O/c1-2-6-11(12(13,14)15)16-9-10-7-4-3-5-8-10/h2-5,7-8,11H,1,6,9H2/t11-/m0/s1. The maximum absolute atomic E-state index is 12.4. The van der Waals surface area contributed by atoms with Crippen molar-refractivity contribution in [1.82, 2.24) is 0 Å². The Balaban J connectivity index is 2.54. The maximum Gasteiger partial charge on any atom is 0.414 e. The van der Waals surface area contributed by atoms with Crippen LogP contribution in [0.25, 0.3) is 0 Å². The van der Waals surface area contributed by atoms with Gasteiger partial charge in [0.2, 0.25) is 0 Å². The van der Waals surface area contributed by atoms with Gasteiger partial charge >= 0.3 is 6.18 Å². The molecule has 88 valence electrons. The van der Waals surface area contributed by atoms with E-state index in [1.54, 1.807) is 30.3 Å². The first-order valence-corrected chi connectivity index (χ1v) is 4.87. The summed E-state index contributed by atoms with van der Waals surface area (Å²) < 4.78 is 42.1. The molecule has 0 heterocycles. The van der Waals surface area contributed by atoms with Crippen LogP contribution in [0.5, 0.6) is 0 Å². The van der Waals surface area contributed by atoms with Crippen LogP contribution in [-0.4, -0.2) is 12.3 Å². The van der Waals surface area contributed by atoms with Gasteiger partial charge in [-0.1, -0.05) is 36.4 Å². The van der Waals surface area contributed by atoms with Crippen molar-refractivity contribution >= 4 is 0 Å². The number of alkyl halides is 3. The van der Waals surface area contributed by atoms with Gasteiger partial charge in [0.05, 0.1) is 6.61 Å². The zero-order valence-electron chi connectivity index (χ0n) is 8.70. The molecule has 0 N–H and O–H groups in total. The van der Waals surface area contributed by atoms with Gasteiger partial charge in [-0.3, -0.25) is 0 Å². The molecule has 0 amide bonds. The van der Waals surface area contributed by atoms with E-state index in [9.17, 15) is 13.2 Å². The van der Waals surface area contributed by atoms with E-state index in [-0.39, 0.29) is 13.0 Å². The van der Waals surface area contributed by atoms with Crippen LogP contribution in [0.1, 0.15) is 12.0 Å². The van der Waals surface area contributed by atoms with Crippen LogP contribution in [0.2, 0.25) is 0 Å². The van der Waals surface area contributed by atoms with Crippen LogP contribution in [0, 0.1) is 0 Å². The Bertz CT molecular complexity index is 319. The van der Waals surface area contributed by atoms with Crippen molar-refractivity contribution in [2.75, 3.05) is 0 Å². The molecule has 0 aliphatic carbocycles.